The molecule has 1 heterocycles. The van der Waals surface area contributed by atoms with Gasteiger partial charge in [0.05, 0.1) is 20.4 Å². The number of nitrogens with zero attached hydrogens (tertiary/aromatic N) is 3. The standard InChI is InChI=1S/C20H22FN5O2/c1-27-17-8-7-14(11-18(17)28-2)12-23-20-25-19(13-24-26-20)22-10-9-15-5-3-4-6-16(15)21/h3-8,11,13H,9-10,12H2,1-2H3,(H2,22,23,25,26). The highest BCUT2D eigenvalue weighted by molar-refractivity contribution is 5.44. The van der Waals surface area contributed by atoms with Crippen molar-refractivity contribution < 1.29 is 13.9 Å². The molecule has 8 heteroatoms. The number of nitrogens with one attached hydrogen (secondary N) is 2. The van der Waals surface area contributed by atoms with Crippen molar-refractivity contribution in [3.63, 3.8) is 0 Å². The zero-order valence-electron chi connectivity index (χ0n) is 15.8. The highest BCUT2D eigenvalue weighted by atomic mass is 19.1. The molecule has 0 fully saturated rings. The van der Waals surface area contributed by atoms with E-state index in [-0.39, 0.29) is 5.82 Å². The Labute approximate surface area is 162 Å². The molecular formula is C20H22FN5O2. The number of rotatable bonds is 9. The van der Waals surface area contributed by atoms with E-state index in [2.05, 4.69) is 25.8 Å². The van der Waals surface area contributed by atoms with Crippen molar-refractivity contribution in [2.24, 2.45) is 0 Å². The summed E-state index contributed by atoms with van der Waals surface area (Å²) in [6.07, 6.45) is 2.08. The minimum atomic E-state index is -0.206. The fraction of sp³-hybridized carbons (Fsp3) is 0.250. The van der Waals surface area contributed by atoms with Crippen LogP contribution in [0.15, 0.2) is 48.7 Å². The average Bonchev–Trinajstić information content (AvgIpc) is 2.73. The number of aromatic nitrogens is 3. The maximum atomic E-state index is 13.7. The van der Waals surface area contributed by atoms with Crippen molar-refractivity contribution in [1.29, 1.82) is 0 Å². The van der Waals surface area contributed by atoms with Gasteiger partial charge in [0, 0.05) is 13.1 Å². The molecule has 2 aromatic carbocycles. The highest BCUT2D eigenvalue weighted by Gasteiger charge is 2.06. The van der Waals surface area contributed by atoms with E-state index >= 15 is 0 Å². The Bertz CT molecular complexity index is 923. The van der Waals surface area contributed by atoms with Gasteiger partial charge in [-0.05, 0) is 35.7 Å². The van der Waals surface area contributed by atoms with Crippen LogP contribution in [0, 0.1) is 5.82 Å². The normalized spacial score (nSPS) is 10.4. The van der Waals surface area contributed by atoms with E-state index in [0.717, 1.165) is 5.56 Å². The second-order valence-corrected chi connectivity index (χ2v) is 5.98. The van der Waals surface area contributed by atoms with Gasteiger partial charge in [-0.15, -0.1) is 5.10 Å². The largest absolute Gasteiger partial charge is 0.493 e. The summed E-state index contributed by atoms with van der Waals surface area (Å²) >= 11 is 0. The van der Waals surface area contributed by atoms with E-state index < -0.39 is 0 Å². The van der Waals surface area contributed by atoms with Crippen LogP contribution >= 0.6 is 0 Å². The molecule has 0 aliphatic heterocycles. The summed E-state index contributed by atoms with van der Waals surface area (Å²) in [5.41, 5.74) is 1.64. The molecule has 146 valence electrons. The molecule has 0 aliphatic carbocycles. The second-order valence-electron chi connectivity index (χ2n) is 5.98. The van der Waals surface area contributed by atoms with Crippen molar-refractivity contribution in [1.82, 2.24) is 15.2 Å². The molecule has 0 aliphatic rings. The van der Waals surface area contributed by atoms with Gasteiger partial charge in [0.25, 0.3) is 0 Å². The predicted octanol–water partition coefficient (Wildman–Crippen LogP) is 3.29. The van der Waals surface area contributed by atoms with Crippen molar-refractivity contribution >= 4 is 11.8 Å². The van der Waals surface area contributed by atoms with Crippen LogP contribution in [0.2, 0.25) is 0 Å². The molecule has 7 nitrogen and oxygen atoms in total. The number of methoxy groups -OCH3 is 2. The van der Waals surface area contributed by atoms with E-state index in [4.69, 9.17) is 9.47 Å². The van der Waals surface area contributed by atoms with Gasteiger partial charge < -0.3 is 20.1 Å². The lowest BCUT2D eigenvalue weighted by atomic mass is 10.1. The van der Waals surface area contributed by atoms with E-state index in [1.807, 2.05) is 24.3 Å². The molecule has 28 heavy (non-hydrogen) atoms. The number of halogens is 1. The third-order valence-electron chi connectivity index (χ3n) is 4.12. The fourth-order valence-electron chi connectivity index (χ4n) is 2.66. The molecule has 0 spiro atoms. The van der Waals surface area contributed by atoms with E-state index in [1.165, 1.54) is 12.3 Å². The first-order valence-corrected chi connectivity index (χ1v) is 8.81. The van der Waals surface area contributed by atoms with Gasteiger partial charge in [0.15, 0.2) is 17.3 Å². The van der Waals surface area contributed by atoms with Crippen LogP contribution in [-0.2, 0) is 13.0 Å². The van der Waals surface area contributed by atoms with Gasteiger partial charge in [-0.2, -0.15) is 10.1 Å². The van der Waals surface area contributed by atoms with Crippen molar-refractivity contribution in [3.8, 4) is 11.5 Å². The van der Waals surface area contributed by atoms with Gasteiger partial charge in [0.1, 0.15) is 5.82 Å². The first-order valence-electron chi connectivity index (χ1n) is 8.81. The summed E-state index contributed by atoms with van der Waals surface area (Å²) in [7, 11) is 3.19. The molecule has 0 saturated carbocycles. The van der Waals surface area contributed by atoms with Crippen LogP contribution in [-0.4, -0.2) is 35.9 Å². The summed E-state index contributed by atoms with van der Waals surface area (Å²) in [5, 5.41) is 14.2. The summed E-state index contributed by atoms with van der Waals surface area (Å²) in [6, 6.07) is 12.4. The van der Waals surface area contributed by atoms with Crippen LogP contribution in [0.1, 0.15) is 11.1 Å². The van der Waals surface area contributed by atoms with Crippen LogP contribution in [0.3, 0.4) is 0 Å². The number of benzene rings is 2. The van der Waals surface area contributed by atoms with E-state index in [1.54, 1.807) is 26.4 Å². The molecule has 3 aromatic rings. The maximum absolute atomic E-state index is 13.7. The molecule has 1 aromatic heterocycles. The summed E-state index contributed by atoms with van der Waals surface area (Å²) in [6.45, 7) is 1.04. The van der Waals surface area contributed by atoms with Gasteiger partial charge in [-0.3, -0.25) is 0 Å². The first kappa shape index (κ1) is 19.3. The van der Waals surface area contributed by atoms with E-state index in [9.17, 15) is 4.39 Å². The molecule has 3 rings (SSSR count). The second kappa shape index (κ2) is 9.50. The predicted molar refractivity (Wildman–Crippen MR) is 105 cm³/mol. The number of ether oxygens (including phenoxy) is 2. The van der Waals surface area contributed by atoms with Crippen molar-refractivity contribution in [2.45, 2.75) is 13.0 Å². The Morgan fingerprint density at radius 2 is 1.82 bits per heavy atom. The van der Waals surface area contributed by atoms with Gasteiger partial charge in [0.2, 0.25) is 5.95 Å². The quantitative estimate of drug-likeness (QED) is 0.587. The summed E-state index contributed by atoms with van der Waals surface area (Å²) in [4.78, 5) is 4.37. The molecule has 0 unspecified atom stereocenters. The lowest BCUT2D eigenvalue weighted by molar-refractivity contribution is 0.354. The maximum Gasteiger partial charge on any atom is 0.244 e. The first-order chi connectivity index (χ1) is 13.7. The zero-order chi connectivity index (χ0) is 19.8. The summed E-state index contributed by atoms with van der Waals surface area (Å²) < 4.78 is 24.2. The lowest BCUT2D eigenvalue weighted by Gasteiger charge is -2.11. The molecular weight excluding hydrogens is 361 g/mol. The molecule has 0 atom stereocenters. The van der Waals surface area contributed by atoms with Crippen molar-refractivity contribution in [3.05, 3.63) is 65.6 Å². The number of hydrogen-bond acceptors (Lipinski definition) is 7. The van der Waals surface area contributed by atoms with Gasteiger partial charge in [-0.25, -0.2) is 4.39 Å². The molecule has 0 radical (unpaired) electrons. The monoisotopic (exact) mass is 383 g/mol. The van der Waals surface area contributed by atoms with Gasteiger partial charge in [-0.1, -0.05) is 24.3 Å². The van der Waals surface area contributed by atoms with Crippen molar-refractivity contribution in [2.75, 3.05) is 31.4 Å². The minimum absolute atomic E-state index is 0.206. The topological polar surface area (TPSA) is 81.2 Å². The zero-order valence-corrected chi connectivity index (χ0v) is 15.8. The van der Waals surface area contributed by atoms with Gasteiger partial charge >= 0.3 is 0 Å². The lowest BCUT2D eigenvalue weighted by Crippen LogP contribution is -2.10. The molecule has 2 N–H and O–H groups in total. The Hall–Kier alpha value is -3.42. The fourth-order valence-corrected chi connectivity index (χ4v) is 2.66. The SMILES string of the molecule is COc1ccc(CNc2nncc(NCCc3ccccc3F)n2)cc1OC. The Kier molecular flexibility index (Phi) is 6.56. The third kappa shape index (κ3) is 5.06. The average molecular weight is 383 g/mol. The van der Waals surface area contributed by atoms with Crippen LogP contribution in [0.5, 0.6) is 11.5 Å². The molecule has 0 bridgehead atoms. The number of hydrogen-bond donors (Lipinski definition) is 2. The third-order valence-corrected chi connectivity index (χ3v) is 4.12. The minimum Gasteiger partial charge on any atom is -0.493 e. The Morgan fingerprint density at radius 1 is 1.00 bits per heavy atom. The Balaban J connectivity index is 1.55. The smallest absolute Gasteiger partial charge is 0.244 e. The molecule has 0 saturated heterocycles. The molecule has 0 amide bonds. The Morgan fingerprint density at radius 3 is 2.61 bits per heavy atom. The highest BCUT2D eigenvalue weighted by Crippen LogP contribution is 2.27. The van der Waals surface area contributed by atoms with E-state index in [0.29, 0.717) is 48.3 Å². The van der Waals surface area contributed by atoms with Crippen LogP contribution < -0.4 is 20.1 Å². The number of anilines is 2. The summed E-state index contributed by atoms with van der Waals surface area (Å²) in [5.74, 6) is 2.09. The van der Waals surface area contributed by atoms with Crippen LogP contribution in [0.25, 0.3) is 0 Å². The van der Waals surface area contributed by atoms with Crippen LogP contribution in [0.4, 0.5) is 16.2 Å².